The number of carbonyl (C=O) groups is 1. The number of anilines is 2. The van der Waals surface area contributed by atoms with Crippen molar-refractivity contribution in [3.05, 3.63) is 83.7 Å². The Kier molecular flexibility index (Phi) is 4.19. The Hall–Kier alpha value is -3.48. The third-order valence-electron chi connectivity index (χ3n) is 4.38. The molecule has 0 saturated heterocycles. The van der Waals surface area contributed by atoms with E-state index < -0.39 is 17.8 Å². The van der Waals surface area contributed by atoms with Gasteiger partial charge in [-0.3, -0.25) is 14.7 Å². The summed E-state index contributed by atoms with van der Waals surface area (Å²) < 4.78 is 32.9. The molecule has 2 aromatic carbocycles. The van der Waals surface area contributed by atoms with Crippen molar-refractivity contribution in [2.24, 2.45) is 0 Å². The van der Waals surface area contributed by atoms with Gasteiger partial charge in [0.1, 0.15) is 17.4 Å². The van der Waals surface area contributed by atoms with E-state index in [0.29, 0.717) is 22.7 Å². The lowest BCUT2D eigenvalue weighted by Crippen LogP contribution is -2.32. The Morgan fingerprint density at radius 1 is 1.11 bits per heavy atom. The van der Waals surface area contributed by atoms with Crippen LogP contribution in [-0.2, 0) is 0 Å². The summed E-state index contributed by atoms with van der Waals surface area (Å²) in [4.78, 5) is 18.7. The molecule has 1 aliphatic heterocycles. The van der Waals surface area contributed by atoms with Crippen molar-refractivity contribution in [1.82, 2.24) is 4.98 Å². The number of nitrogens with zero attached hydrogens (tertiary/aromatic N) is 2. The quantitative estimate of drug-likeness (QED) is 0.753. The van der Waals surface area contributed by atoms with Crippen molar-refractivity contribution >= 4 is 17.3 Å². The smallest absolute Gasteiger partial charge is 0.262 e. The molecule has 0 aliphatic carbocycles. The van der Waals surface area contributed by atoms with E-state index in [1.165, 1.54) is 4.90 Å². The van der Waals surface area contributed by atoms with Crippen LogP contribution in [0.3, 0.4) is 0 Å². The SMILES string of the molecule is COc1ccc(N2C(=O)c3cccnc3[C@@H]2Nc2cc(F)ccc2F)cc1. The van der Waals surface area contributed by atoms with E-state index in [9.17, 15) is 13.6 Å². The Balaban J connectivity index is 1.78. The Bertz CT molecular complexity index is 1010. The van der Waals surface area contributed by atoms with Gasteiger partial charge >= 0.3 is 0 Å². The number of hydrogen-bond donors (Lipinski definition) is 1. The van der Waals surface area contributed by atoms with Gasteiger partial charge in [-0.2, -0.15) is 0 Å². The third kappa shape index (κ3) is 2.97. The number of methoxy groups -OCH3 is 1. The number of rotatable bonds is 4. The lowest BCUT2D eigenvalue weighted by Gasteiger charge is -2.26. The maximum atomic E-state index is 14.2. The second-order valence-electron chi connectivity index (χ2n) is 5.98. The van der Waals surface area contributed by atoms with Crippen molar-refractivity contribution in [3.8, 4) is 5.75 Å². The minimum absolute atomic E-state index is 0.0511. The molecule has 0 bridgehead atoms. The van der Waals surface area contributed by atoms with Gasteiger partial charge in [0, 0.05) is 18.0 Å². The second kappa shape index (κ2) is 6.68. The summed E-state index contributed by atoms with van der Waals surface area (Å²) in [5, 5.41) is 2.91. The van der Waals surface area contributed by atoms with Gasteiger partial charge in [-0.25, -0.2) is 8.78 Å². The molecule has 7 heteroatoms. The molecule has 1 atom stereocenters. The van der Waals surface area contributed by atoms with Crippen molar-refractivity contribution in [1.29, 1.82) is 0 Å². The van der Waals surface area contributed by atoms with Crippen LogP contribution in [0.5, 0.6) is 5.75 Å². The number of amides is 1. The van der Waals surface area contributed by atoms with Crippen LogP contribution in [0, 0.1) is 11.6 Å². The van der Waals surface area contributed by atoms with E-state index in [4.69, 9.17) is 4.74 Å². The minimum atomic E-state index is -0.779. The lowest BCUT2D eigenvalue weighted by atomic mass is 10.2. The number of nitrogens with one attached hydrogen (secondary N) is 1. The summed E-state index contributed by atoms with van der Waals surface area (Å²) in [6, 6.07) is 13.3. The van der Waals surface area contributed by atoms with Crippen LogP contribution in [-0.4, -0.2) is 18.0 Å². The molecular weight excluding hydrogens is 352 g/mol. The molecule has 4 rings (SSSR count). The molecule has 1 aliphatic rings. The lowest BCUT2D eigenvalue weighted by molar-refractivity contribution is 0.0993. The largest absolute Gasteiger partial charge is 0.497 e. The van der Waals surface area contributed by atoms with E-state index in [1.807, 2.05) is 0 Å². The zero-order valence-electron chi connectivity index (χ0n) is 14.3. The topological polar surface area (TPSA) is 54.5 Å². The number of benzene rings is 2. The van der Waals surface area contributed by atoms with Crippen LogP contribution in [0.15, 0.2) is 60.8 Å². The Morgan fingerprint density at radius 2 is 1.89 bits per heavy atom. The van der Waals surface area contributed by atoms with Crippen LogP contribution < -0.4 is 15.0 Å². The molecule has 0 fully saturated rings. The number of pyridine rings is 1. The standard InChI is InChI=1S/C20H15F2N3O2/c1-27-14-7-5-13(6-8-14)25-19(18-15(20(25)26)3-2-10-23-18)24-17-11-12(21)4-9-16(17)22/h2-11,19,24H,1H3/t19-/m1/s1. The zero-order valence-corrected chi connectivity index (χ0v) is 14.3. The van der Waals surface area contributed by atoms with Crippen molar-refractivity contribution in [2.45, 2.75) is 6.17 Å². The number of ether oxygens (including phenoxy) is 1. The van der Waals surface area contributed by atoms with E-state index >= 15 is 0 Å². The molecule has 3 aromatic rings. The third-order valence-corrected chi connectivity index (χ3v) is 4.38. The highest BCUT2D eigenvalue weighted by Crippen LogP contribution is 2.37. The first kappa shape index (κ1) is 17.0. The Labute approximate surface area is 154 Å². The normalized spacial score (nSPS) is 15.6. The van der Waals surface area contributed by atoms with Crippen molar-refractivity contribution in [2.75, 3.05) is 17.3 Å². The van der Waals surface area contributed by atoms with Crippen LogP contribution in [0.1, 0.15) is 22.2 Å². The van der Waals surface area contributed by atoms with Gasteiger partial charge in [-0.1, -0.05) is 0 Å². The summed E-state index contributed by atoms with van der Waals surface area (Å²) in [5.41, 5.74) is 1.38. The van der Waals surface area contributed by atoms with Crippen LogP contribution in [0.25, 0.3) is 0 Å². The van der Waals surface area contributed by atoms with Crippen molar-refractivity contribution in [3.63, 3.8) is 0 Å². The predicted octanol–water partition coefficient (Wildman–Crippen LogP) is 4.14. The molecule has 27 heavy (non-hydrogen) atoms. The molecule has 5 nitrogen and oxygen atoms in total. The molecule has 0 radical (unpaired) electrons. The van der Waals surface area contributed by atoms with Gasteiger partial charge in [0.2, 0.25) is 0 Å². The first-order valence-corrected chi connectivity index (χ1v) is 8.22. The van der Waals surface area contributed by atoms with Gasteiger partial charge in [0.15, 0.2) is 6.17 Å². The van der Waals surface area contributed by atoms with E-state index in [1.54, 1.807) is 49.7 Å². The molecule has 1 amide bonds. The van der Waals surface area contributed by atoms with Crippen molar-refractivity contribution < 1.29 is 18.3 Å². The van der Waals surface area contributed by atoms with Crippen LogP contribution in [0.4, 0.5) is 20.2 Å². The van der Waals surface area contributed by atoms with E-state index in [2.05, 4.69) is 10.3 Å². The summed E-state index contributed by atoms with van der Waals surface area (Å²) in [6.07, 6.45) is 0.777. The van der Waals surface area contributed by atoms with Crippen LogP contribution >= 0.6 is 0 Å². The first-order chi connectivity index (χ1) is 13.1. The number of hydrogen-bond acceptors (Lipinski definition) is 4. The number of aromatic nitrogens is 1. The van der Waals surface area contributed by atoms with Gasteiger partial charge in [0.05, 0.1) is 24.1 Å². The molecule has 0 unspecified atom stereocenters. The molecule has 2 heterocycles. The molecule has 0 spiro atoms. The predicted molar refractivity (Wildman–Crippen MR) is 96.8 cm³/mol. The van der Waals surface area contributed by atoms with Gasteiger partial charge < -0.3 is 10.1 Å². The van der Waals surface area contributed by atoms with Gasteiger partial charge in [-0.15, -0.1) is 0 Å². The average Bonchev–Trinajstić information content (AvgIpc) is 2.97. The fourth-order valence-electron chi connectivity index (χ4n) is 3.08. The first-order valence-electron chi connectivity index (χ1n) is 8.22. The average molecular weight is 367 g/mol. The minimum Gasteiger partial charge on any atom is -0.497 e. The molecule has 1 N–H and O–H groups in total. The summed E-state index contributed by atoms with van der Waals surface area (Å²) in [7, 11) is 1.55. The van der Waals surface area contributed by atoms with Crippen LogP contribution in [0.2, 0.25) is 0 Å². The second-order valence-corrected chi connectivity index (χ2v) is 5.98. The molecular formula is C20H15F2N3O2. The highest BCUT2D eigenvalue weighted by molar-refractivity contribution is 6.11. The number of halogens is 2. The van der Waals surface area contributed by atoms with Gasteiger partial charge in [0.25, 0.3) is 5.91 Å². The maximum Gasteiger partial charge on any atom is 0.262 e. The molecule has 136 valence electrons. The zero-order chi connectivity index (χ0) is 19.0. The summed E-state index contributed by atoms with van der Waals surface area (Å²) >= 11 is 0. The van der Waals surface area contributed by atoms with Gasteiger partial charge in [-0.05, 0) is 48.5 Å². The highest BCUT2D eigenvalue weighted by atomic mass is 19.1. The summed E-state index contributed by atoms with van der Waals surface area (Å²) in [5.74, 6) is -0.845. The molecule has 0 saturated carbocycles. The molecule has 1 aromatic heterocycles. The highest BCUT2D eigenvalue weighted by Gasteiger charge is 2.39. The fraction of sp³-hybridized carbons (Fsp3) is 0.100. The van der Waals surface area contributed by atoms with E-state index in [0.717, 1.165) is 18.2 Å². The monoisotopic (exact) mass is 367 g/mol. The Morgan fingerprint density at radius 3 is 2.63 bits per heavy atom. The number of fused-ring (bicyclic) bond motifs is 1. The van der Waals surface area contributed by atoms with E-state index in [-0.39, 0.29) is 11.6 Å². The summed E-state index contributed by atoms with van der Waals surface area (Å²) in [6.45, 7) is 0. The fourth-order valence-corrected chi connectivity index (χ4v) is 3.08. The maximum absolute atomic E-state index is 14.2. The number of carbonyl (C=O) groups excluding carboxylic acids is 1.